The molecule has 8 heteroatoms. The number of thioether (sulfide) groups is 1. The lowest BCUT2D eigenvalue weighted by Crippen LogP contribution is -2.34. The van der Waals surface area contributed by atoms with E-state index in [9.17, 15) is 4.79 Å². The van der Waals surface area contributed by atoms with Crippen LogP contribution in [0.4, 0.5) is 0 Å². The molecule has 0 aromatic carbocycles. The van der Waals surface area contributed by atoms with E-state index in [0.29, 0.717) is 5.92 Å². The van der Waals surface area contributed by atoms with Crippen molar-refractivity contribution in [2.24, 2.45) is 21.8 Å². The van der Waals surface area contributed by atoms with Crippen LogP contribution in [0.2, 0.25) is 0 Å². The normalized spacial score (nSPS) is 25.7. The second kappa shape index (κ2) is 8.13. The third-order valence-electron chi connectivity index (χ3n) is 7.26. The van der Waals surface area contributed by atoms with Crippen LogP contribution in [0, 0.1) is 16.7 Å². The fourth-order valence-corrected chi connectivity index (χ4v) is 5.68. The number of aromatic nitrogens is 4. The minimum Gasteiger partial charge on any atom is -0.302 e. The van der Waals surface area contributed by atoms with Gasteiger partial charge in [-0.2, -0.15) is 5.10 Å². The molecule has 2 bridgehead atoms. The number of pyridine rings is 1. The van der Waals surface area contributed by atoms with E-state index in [0.717, 1.165) is 48.1 Å². The molecule has 2 fully saturated rings. The summed E-state index contributed by atoms with van der Waals surface area (Å²) in [6.45, 7) is 9.89. The summed E-state index contributed by atoms with van der Waals surface area (Å²) in [6.07, 6.45) is 7.87. The maximum absolute atomic E-state index is 12.5. The van der Waals surface area contributed by atoms with Crippen molar-refractivity contribution in [3.63, 3.8) is 0 Å². The van der Waals surface area contributed by atoms with Crippen molar-refractivity contribution >= 4 is 23.4 Å². The largest absolute Gasteiger partial charge is 0.302 e. The van der Waals surface area contributed by atoms with Crippen molar-refractivity contribution in [1.29, 1.82) is 0 Å². The van der Waals surface area contributed by atoms with Gasteiger partial charge in [-0.1, -0.05) is 39.5 Å². The Labute approximate surface area is 182 Å². The van der Waals surface area contributed by atoms with Gasteiger partial charge in [-0.25, -0.2) is 5.43 Å². The fraction of sp³-hybridized carbons (Fsp3) is 0.591. The van der Waals surface area contributed by atoms with Crippen molar-refractivity contribution in [3.05, 3.63) is 24.5 Å². The first kappa shape index (κ1) is 21.0. The van der Waals surface area contributed by atoms with Gasteiger partial charge in [0.1, 0.15) is 0 Å². The lowest BCUT2D eigenvalue weighted by Gasteiger charge is -2.34. The minimum atomic E-state index is -0.104. The summed E-state index contributed by atoms with van der Waals surface area (Å²) in [7, 11) is 0. The fourth-order valence-electron chi connectivity index (χ4n) is 4.92. The molecule has 0 aliphatic heterocycles. The van der Waals surface area contributed by atoms with E-state index in [-0.39, 0.29) is 22.5 Å². The molecule has 4 rings (SSSR count). The van der Waals surface area contributed by atoms with Crippen LogP contribution >= 0.6 is 11.8 Å². The topological polar surface area (TPSA) is 85.1 Å². The van der Waals surface area contributed by atoms with E-state index in [1.54, 1.807) is 12.4 Å². The molecular formula is C22H30N6OS. The van der Waals surface area contributed by atoms with Gasteiger partial charge in [0.15, 0.2) is 11.0 Å². The van der Waals surface area contributed by atoms with Gasteiger partial charge in [0.2, 0.25) is 0 Å². The van der Waals surface area contributed by atoms with E-state index >= 15 is 0 Å². The monoisotopic (exact) mass is 426 g/mol. The Kier molecular flexibility index (Phi) is 5.70. The zero-order valence-corrected chi connectivity index (χ0v) is 19.0. The predicted octanol–water partition coefficient (Wildman–Crippen LogP) is 4.16. The number of nitrogens with zero attached hydrogens (tertiary/aromatic N) is 5. The van der Waals surface area contributed by atoms with Gasteiger partial charge in [-0.3, -0.25) is 9.78 Å². The van der Waals surface area contributed by atoms with Crippen LogP contribution < -0.4 is 5.43 Å². The summed E-state index contributed by atoms with van der Waals surface area (Å²) in [4.78, 5) is 16.6. The molecule has 1 amide bonds. The molecule has 2 aliphatic carbocycles. The number of amides is 1. The quantitative estimate of drug-likeness (QED) is 0.531. The lowest BCUT2D eigenvalue weighted by molar-refractivity contribution is -0.118. The Morgan fingerprint density at radius 3 is 2.70 bits per heavy atom. The van der Waals surface area contributed by atoms with Crippen LogP contribution in [-0.2, 0) is 11.3 Å². The molecule has 2 atom stereocenters. The van der Waals surface area contributed by atoms with Crippen LogP contribution in [0.5, 0.6) is 0 Å². The summed E-state index contributed by atoms with van der Waals surface area (Å²) >= 11 is 1.40. The molecule has 0 saturated heterocycles. The smallest absolute Gasteiger partial charge is 0.250 e. The molecule has 30 heavy (non-hydrogen) atoms. The average Bonchev–Trinajstić information content (AvgIpc) is 3.30. The minimum absolute atomic E-state index is 0.0961. The van der Waals surface area contributed by atoms with Crippen LogP contribution in [-0.4, -0.2) is 37.1 Å². The molecule has 2 heterocycles. The van der Waals surface area contributed by atoms with Crippen LogP contribution in [0.3, 0.4) is 0 Å². The van der Waals surface area contributed by atoms with E-state index in [1.807, 2.05) is 12.1 Å². The summed E-state index contributed by atoms with van der Waals surface area (Å²) in [5.74, 6) is 1.64. The first-order valence-electron chi connectivity index (χ1n) is 10.7. The Bertz CT molecular complexity index is 954. The number of carbonyl (C=O) groups excluding carboxylic acids is 1. The van der Waals surface area contributed by atoms with Crippen molar-refractivity contribution in [2.45, 2.75) is 65.1 Å². The standard InChI is InChI=1S/C22H30N6OS/c1-5-12-28-19(15-7-10-23-11-8-15)26-27-20(28)30-14-18(29)25-24-17-13-16-6-9-22(17,4)21(16,2)3/h7-8,10-11,16H,5-6,9,12-14H2,1-4H3,(H,25,29)/b24-17+. The summed E-state index contributed by atoms with van der Waals surface area (Å²) in [6, 6.07) is 3.84. The first-order valence-corrected chi connectivity index (χ1v) is 11.7. The highest BCUT2D eigenvalue weighted by atomic mass is 32.2. The maximum atomic E-state index is 12.5. The Balaban J connectivity index is 1.41. The number of hydrogen-bond donors (Lipinski definition) is 1. The van der Waals surface area contributed by atoms with E-state index in [4.69, 9.17) is 0 Å². The summed E-state index contributed by atoms with van der Waals surface area (Å²) in [5, 5.41) is 14.0. The van der Waals surface area contributed by atoms with Crippen LogP contribution in [0.15, 0.2) is 34.8 Å². The second-order valence-corrected chi connectivity index (χ2v) is 10.0. The van der Waals surface area contributed by atoms with Crippen LogP contribution in [0.1, 0.15) is 53.4 Å². The maximum Gasteiger partial charge on any atom is 0.250 e. The average molecular weight is 427 g/mol. The van der Waals surface area contributed by atoms with Crippen molar-refractivity contribution in [2.75, 3.05) is 5.75 Å². The lowest BCUT2D eigenvalue weighted by atomic mass is 9.70. The van der Waals surface area contributed by atoms with E-state index in [2.05, 4.69) is 58.0 Å². The van der Waals surface area contributed by atoms with Gasteiger partial charge >= 0.3 is 0 Å². The first-order chi connectivity index (χ1) is 14.4. The Morgan fingerprint density at radius 1 is 1.30 bits per heavy atom. The third-order valence-corrected chi connectivity index (χ3v) is 8.23. The highest BCUT2D eigenvalue weighted by molar-refractivity contribution is 7.99. The van der Waals surface area contributed by atoms with Gasteiger partial charge in [-0.15, -0.1) is 10.2 Å². The number of carbonyl (C=O) groups is 1. The Hall–Kier alpha value is -2.22. The van der Waals surface area contributed by atoms with Gasteiger partial charge in [0, 0.05) is 35.6 Å². The molecule has 0 spiro atoms. The Morgan fingerprint density at radius 2 is 2.07 bits per heavy atom. The number of fused-ring (bicyclic) bond motifs is 2. The van der Waals surface area contributed by atoms with Gasteiger partial charge in [0.05, 0.1) is 5.75 Å². The molecule has 1 N–H and O–H groups in total. The molecule has 2 aromatic heterocycles. The molecule has 2 unspecified atom stereocenters. The van der Waals surface area contributed by atoms with E-state index < -0.39 is 0 Å². The highest BCUT2D eigenvalue weighted by Crippen LogP contribution is 2.63. The van der Waals surface area contributed by atoms with Crippen molar-refractivity contribution in [3.8, 4) is 11.4 Å². The van der Waals surface area contributed by atoms with Crippen molar-refractivity contribution < 1.29 is 4.79 Å². The number of hydrazone groups is 1. The van der Waals surface area contributed by atoms with Gasteiger partial charge < -0.3 is 4.57 Å². The number of rotatable bonds is 7. The number of hydrogen-bond acceptors (Lipinski definition) is 6. The molecule has 2 saturated carbocycles. The molecule has 2 aromatic rings. The molecule has 2 aliphatic rings. The molecule has 7 nitrogen and oxygen atoms in total. The van der Waals surface area contributed by atoms with Gasteiger partial charge in [-0.05, 0) is 49.1 Å². The predicted molar refractivity (Wildman–Crippen MR) is 119 cm³/mol. The molecule has 0 radical (unpaired) electrons. The van der Waals surface area contributed by atoms with Crippen molar-refractivity contribution in [1.82, 2.24) is 25.2 Å². The second-order valence-electron chi connectivity index (χ2n) is 9.07. The summed E-state index contributed by atoms with van der Waals surface area (Å²) in [5.41, 5.74) is 5.27. The third kappa shape index (κ3) is 3.55. The van der Waals surface area contributed by atoms with E-state index in [1.165, 1.54) is 18.2 Å². The SMILES string of the molecule is CCCn1c(SCC(=O)N/N=C2\CC3CCC2(C)C3(C)C)nnc1-c1ccncc1. The van der Waals surface area contributed by atoms with Gasteiger partial charge in [0.25, 0.3) is 5.91 Å². The summed E-state index contributed by atoms with van der Waals surface area (Å²) < 4.78 is 2.07. The zero-order valence-electron chi connectivity index (χ0n) is 18.2. The molecule has 160 valence electrons. The highest BCUT2D eigenvalue weighted by Gasteiger charge is 2.60. The molecular weight excluding hydrogens is 396 g/mol. The van der Waals surface area contributed by atoms with Crippen LogP contribution in [0.25, 0.3) is 11.4 Å². The number of nitrogens with one attached hydrogen (secondary N) is 1. The zero-order chi connectivity index (χ0) is 21.4.